The van der Waals surface area contributed by atoms with E-state index < -0.39 is 5.69 Å². The van der Waals surface area contributed by atoms with Crippen molar-refractivity contribution in [2.24, 2.45) is 0 Å². The molecular weight excluding hydrogens is 400 g/mol. The van der Waals surface area contributed by atoms with Gasteiger partial charge in [-0.2, -0.15) is 0 Å². The van der Waals surface area contributed by atoms with Crippen LogP contribution in [-0.2, 0) is 6.54 Å². The van der Waals surface area contributed by atoms with E-state index in [2.05, 4.69) is 36.8 Å². The Balaban J connectivity index is 2.25. The van der Waals surface area contributed by atoms with Crippen molar-refractivity contribution < 1.29 is 0 Å². The van der Waals surface area contributed by atoms with Crippen LogP contribution in [0.4, 0.5) is 0 Å². The van der Waals surface area contributed by atoms with Crippen LogP contribution in [0.3, 0.4) is 0 Å². The Morgan fingerprint density at radius 1 is 1.05 bits per heavy atom. The van der Waals surface area contributed by atoms with Gasteiger partial charge in [0, 0.05) is 8.95 Å². The van der Waals surface area contributed by atoms with Gasteiger partial charge >= 0.3 is 5.69 Å². The SMILES string of the molecule is O=c1[nH]c2c(Br)cc(Br)cc2c(=O)n1Cc1ccccc1. The van der Waals surface area contributed by atoms with Crippen molar-refractivity contribution in [1.29, 1.82) is 0 Å². The van der Waals surface area contributed by atoms with E-state index in [0.29, 0.717) is 15.4 Å². The molecule has 21 heavy (non-hydrogen) atoms. The molecule has 106 valence electrons. The van der Waals surface area contributed by atoms with Gasteiger partial charge in [0.25, 0.3) is 5.56 Å². The highest BCUT2D eigenvalue weighted by molar-refractivity contribution is 9.11. The zero-order valence-corrected chi connectivity index (χ0v) is 13.9. The molecule has 0 unspecified atom stereocenters. The largest absolute Gasteiger partial charge is 0.329 e. The van der Waals surface area contributed by atoms with Crippen molar-refractivity contribution in [2.75, 3.05) is 0 Å². The van der Waals surface area contributed by atoms with E-state index in [0.717, 1.165) is 10.0 Å². The second-order valence-electron chi connectivity index (χ2n) is 4.62. The number of rotatable bonds is 2. The van der Waals surface area contributed by atoms with Crippen molar-refractivity contribution in [2.45, 2.75) is 6.54 Å². The molecule has 0 aliphatic carbocycles. The lowest BCUT2D eigenvalue weighted by molar-refractivity contribution is 0.711. The molecule has 3 rings (SSSR count). The van der Waals surface area contributed by atoms with E-state index in [1.54, 1.807) is 12.1 Å². The van der Waals surface area contributed by atoms with Crippen LogP contribution in [0.1, 0.15) is 5.56 Å². The fourth-order valence-electron chi connectivity index (χ4n) is 2.19. The number of H-pyrrole nitrogens is 1. The zero-order chi connectivity index (χ0) is 15.0. The number of fused-ring (bicyclic) bond motifs is 1. The van der Waals surface area contributed by atoms with Crippen LogP contribution in [-0.4, -0.2) is 9.55 Å². The van der Waals surface area contributed by atoms with Gasteiger partial charge in [-0.3, -0.25) is 9.36 Å². The molecule has 1 aromatic heterocycles. The van der Waals surface area contributed by atoms with Gasteiger partial charge in [0.15, 0.2) is 0 Å². The predicted molar refractivity (Wildman–Crippen MR) is 89.8 cm³/mol. The van der Waals surface area contributed by atoms with Crippen LogP contribution in [0.15, 0.2) is 61.0 Å². The summed E-state index contributed by atoms with van der Waals surface area (Å²) in [5.41, 5.74) is 0.690. The summed E-state index contributed by atoms with van der Waals surface area (Å²) >= 11 is 6.72. The van der Waals surface area contributed by atoms with Crippen molar-refractivity contribution in [3.05, 3.63) is 77.8 Å². The third-order valence-electron chi connectivity index (χ3n) is 3.19. The van der Waals surface area contributed by atoms with Crippen LogP contribution < -0.4 is 11.2 Å². The smallest absolute Gasteiger partial charge is 0.306 e. The lowest BCUT2D eigenvalue weighted by Crippen LogP contribution is -2.35. The molecule has 1 N–H and O–H groups in total. The molecule has 3 aromatic rings. The Morgan fingerprint density at radius 2 is 1.76 bits per heavy atom. The molecule has 4 nitrogen and oxygen atoms in total. The first kappa shape index (κ1) is 14.3. The number of hydrogen-bond acceptors (Lipinski definition) is 2. The molecular formula is C15H10Br2N2O2. The summed E-state index contributed by atoms with van der Waals surface area (Å²) in [4.78, 5) is 27.5. The van der Waals surface area contributed by atoms with E-state index >= 15 is 0 Å². The number of hydrogen-bond donors (Lipinski definition) is 1. The highest BCUT2D eigenvalue weighted by Gasteiger charge is 2.11. The second kappa shape index (κ2) is 5.61. The third-order valence-corrected chi connectivity index (χ3v) is 4.27. The molecule has 0 bridgehead atoms. The summed E-state index contributed by atoms with van der Waals surface area (Å²) in [7, 11) is 0. The van der Waals surface area contributed by atoms with E-state index in [1.807, 2.05) is 30.3 Å². The normalized spacial score (nSPS) is 11.0. The zero-order valence-electron chi connectivity index (χ0n) is 10.8. The number of nitrogens with zero attached hydrogens (tertiary/aromatic N) is 1. The van der Waals surface area contributed by atoms with Crippen LogP contribution in [0, 0.1) is 0 Å². The van der Waals surface area contributed by atoms with Gasteiger partial charge in [-0.05, 0) is 33.6 Å². The molecule has 6 heteroatoms. The standard InChI is InChI=1S/C15H10Br2N2O2/c16-10-6-11-13(12(17)7-10)18-15(21)19(14(11)20)8-9-4-2-1-3-5-9/h1-7H,8H2,(H,18,21). The maximum Gasteiger partial charge on any atom is 0.329 e. The van der Waals surface area contributed by atoms with Crippen molar-refractivity contribution in [3.63, 3.8) is 0 Å². The highest BCUT2D eigenvalue weighted by atomic mass is 79.9. The Labute approximate surface area is 136 Å². The maximum atomic E-state index is 12.6. The van der Waals surface area contributed by atoms with Gasteiger partial charge < -0.3 is 4.98 Å². The van der Waals surface area contributed by atoms with E-state index in [-0.39, 0.29) is 12.1 Å². The summed E-state index contributed by atoms with van der Waals surface area (Å²) in [5.74, 6) is 0. The summed E-state index contributed by atoms with van der Waals surface area (Å²) in [6.07, 6.45) is 0. The van der Waals surface area contributed by atoms with Gasteiger partial charge in [-0.1, -0.05) is 46.3 Å². The van der Waals surface area contributed by atoms with Crippen molar-refractivity contribution >= 4 is 42.8 Å². The molecule has 0 saturated carbocycles. The van der Waals surface area contributed by atoms with Crippen LogP contribution in [0.25, 0.3) is 10.9 Å². The summed E-state index contributed by atoms with van der Waals surface area (Å²) in [5, 5.41) is 0.465. The van der Waals surface area contributed by atoms with Gasteiger partial charge in [-0.25, -0.2) is 4.79 Å². The molecule has 1 heterocycles. The monoisotopic (exact) mass is 408 g/mol. The van der Waals surface area contributed by atoms with Crippen molar-refractivity contribution in [1.82, 2.24) is 9.55 Å². The Morgan fingerprint density at radius 3 is 2.48 bits per heavy atom. The van der Waals surface area contributed by atoms with Crippen LogP contribution >= 0.6 is 31.9 Å². The predicted octanol–water partition coefficient (Wildman–Crippen LogP) is 3.26. The molecule has 0 atom stereocenters. The van der Waals surface area contributed by atoms with Crippen LogP contribution in [0.2, 0.25) is 0 Å². The lowest BCUT2D eigenvalue weighted by Gasteiger charge is -2.08. The van der Waals surface area contributed by atoms with Gasteiger partial charge in [0.2, 0.25) is 0 Å². The number of aromatic nitrogens is 2. The van der Waals surface area contributed by atoms with E-state index in [4.69, 9.17) is 0 Å². The quantitative estimate of drug-likeness (QED) is 0.706. The fourth-order valence-corrected chi connectivity index (χ4v) is 3.52. The average Bonchev–Trinajstić information content (AvgIpc) is 2.46. The molecule has 0 spiro atoms. The first-order valence-electron chi connectivity index (χ1n) is 6.22. The molecule has 2 aromatic carbocycles. The first-order valence-corrected chi connectivity index (χ1v) is 7.80. The highest BCUT2D eigenvalue weighted by Crippen LogP contribution is 2.24. The summed E-state index contributed by atoms with van der Waals surface area (Å²) in [6, 6.07) is 12.9. The van der Waals surface area contributed by atoms with E-state index in [9.17, 15) is 9.59 Å². The van der Waals surface area contributed by atoms with E-state index in [1.165, 1.54) is 4.57 Å². The number of nitrogens with one attached hydrogen (secondary N) is 1. The number of halogens is 2. The van der Waals surface area contributed by atoms with Gasteiger partial charge in [-0.15, -0.1) is 0 Å². The summed E-state index contributed by atoms with van der Waals surface area (Å²) < 4.78 is 2.65. The molecule has 0 amide bonds. The number of aromatic amines is 1. The third kappa shape index (κ3) is 2.73. The van der Waals surface area contributed by atoms with Gasteiger partial charge in [0.1, 0.15) is 0 Å². The topological polar surface area (TPSA) is 54.9 Å². The Kier molecular flexibility index (Phi) is 3.82. The lowest BCUT2D eigenvalue weighted by atomic mass is 10.2. The fraction of sp³-hybridized carbons (Fsp3) is 0.0667. The minimum absolute atomic E-state index is 0.245. The Bertz CT molecular complexity index is 930. The maximum absolute atomic E-state index is 12.6. The average molecular weight is 410 g/mol. The van der Waals surface area contributed by atoms with Gasteiger partial charge in [0.05, 0.1) is 17.4 Å². The Hall–Kier alpha value is -1.66. The first-order chi connectivity index (χ1) is 10.1. The van der Waals surface area contributed by atoms with Crippen LogP contribution in [0.5, 0.6) is 0 Å². The number of benzene rings is 2. The molecule has 0 saturated heterocycles. The molecule has 0 fully saturated rings. The minimum Gasteiger partial charge on any atom is -0.306 e. The summed E-state index contributed by atoms with van der Waals surface area (Å²) in [6.45, 7) is 0.245. The molecule has 0 radical (unpaired) electrons. The minimum atomic E-state index is -0.417. The molecule has 0 aliphatic rings. The molecule has 0 aliphatic heterocycles. The second-order valence-corrected chi connectivity index (χ2v) is 6.39. The van der Waals surface area contributed by atoms with Crippen molar-refractivity contribution in [3.8, 4) is 0 Å².